The highest BCUT2D eigenvalue weighted by Gasteiger charge is 2.13. The Labute approximate surface area is 107 Å². The van der Waals surface area contributed by atoms with Crippen LogP contribution < -0.4 is 9.64 Å². The maximum atomic E-state index is 5.83. The highest BCUT2D eigenvalue weighted by Crippen LogP contribution is 2.16. The predicted octanol–water partition coefficient (Wildman–Crippen LogP) is 2.41. The Bertz CT molecular complexity index is 361. The van der Waals surface area contributed by atoms with Crippen molar-refractivity contribution >= 4 is 17.5 Å². The lowest BCUT2D eigenvalue weighted by Crippen LogP contribution is -2.30. The normalized spacial score (nSPS) is 12.3. The van der Waals surface area contributed by atoms with Crippen molar-refractivity contribution in [2.75, 3.05) is 25.1 Å². The summed E-state index contributed by atoms with van der Waals surface area (Å²) in [6.07, 6.45) is 1.12. The molecule has 1 heterocycles. The summed E-state index contributed by atoms with van der Waals surface area (Å²) < 4.78 is 4.99. The van der Waals surface area contributed by atoms with Gasteiger partial charge in [0.1, 0.15) is 0 Å². The molecule has 1 rings (SSSR count). The Balaban J connectivity index is 2.90. The number of rotatable bonds is 6. The van der Waals surface area contributed by atoms with E-state index in [1.54, 1.807) is 0 Å². The van der Waals surface area contributed by atoms with Crippen molar-refractivity contribution in [2.24, 2.45) is 5.92 Å². The van der Waals surface area contributed by atoms with Crippen molar-refractivity contribution in [1.29, 1.82) is 0 Å². The third-order valence-corrected chi connectivity index (χ3v) is 2.82. The molecule has 1 aromatic heterocycles. The van der Waals surface area contributed by atoms with E-state index in [1.807, 2.05) is 0 Å². The molecule has 17 heavy (non-hydrogen) atoms. The van der Waals surface area contributed by atoms with Gasteiger partial charge in [-0.25, -0.2) is 0 Å². The Kier molecular flexibility index (Phi) is 5.41. The van der Waals surface area contributed by atoms with Crippen LogP contribution in [0.3, 0.4) is 0 Å². The second-order valence-corrected chi connectivity index (χ2v) is 4.28. The molecule has 0 aliphatic carbocycles. The second kappa shape index (κ2) is 6.59. The van der Waals surface area contributed by atoms with Gasteiger partial charge in [-0.1, -0.05) is 20.3 Å². The number of aromatic nitrogens is 3. The molecule has 5 nitrogen and oxygen atoms in total. The summed E-state index contributed by atoms with van der Waals surface area (Å²) in [6, 6.07) is 0.252. The Morgan fingerprint density at radius 1 is 1.29 bits per heavy atom. The van der Waals surface area contributed by atoms with E-state index in [-0.39, 0.29) is 11.3 Å². The standard InChI is InChI=1S/C11H19ClN4O/c1-5-8(3)7-16(6-2)10-13-9(12)14-11(15-10)17-4/h8H,5-7H2,1-4H3. The van der Waals surface area contributed by atoms with Crippen molar-refractivity contribution < 1.29 is 4.74 Å². The van der Waals surface area contributed by atoms with E-state index in [0.29, 0.717) is 11.9 Å². The van der Waals surface area contributed by atoms with E-state index in [0.717, 1.165) is 19.5 Å². The molecule has 6 heteroatoms. The molecule has 1 aromatic rings. The Morgan fingerprint density at radius 2 is 2.00 bits per heavy atom. The maximum absolute atomic E-state index is 5.83. The number of anilines is 1. The van der Waals surface area contributed by atoms with E-state index < -0.39 is 0 Å². The van der Waals surface area contributed by atoms with Gasteiger partial charge >= 0.3 is 6.01 Å². The largest absolute Gasteiger partial charge is 0.467 e. The van der Waals surface area contributed by atoms with Crippen LogP contribution in [0.5, 0.6) is 6.01 Å². The SMILES string of the molecule is CCC(C)CN(CC)c1nc(Cl)nc(OC)n1. The van der Waals surface area contributed by atoms with Gasteiger partial charge in [0.15, 0.2) is 0 Å². The molecule has 0 aliphatic heterocycles. The Morgan fingerprint density at radius 3 is 2.53 bits per heavy atom. The molecule has 0 saturated heterocycles. The van der Waals surface area contributed by atoms with E-state index in [9.17, 15) is 0 Å². The average Bonchev–Trinajstić information content (AvgIpc) is 2.34. The van der Waals surface area contributed by atoms with E-state index >= 15 is 0 Å². The van der Waals surface area contributed by atoms with Crippen LogP contribution in [0.4, 0.5) is 5.95 Å². The first-order chi connectivity index (χ1) is 8.10. The van der Waals surface area contributed by atoms with Gasteiger partial charge in [-0.3, -0.25) is 0 Å². The van der Waals surface area contributed by atoms with Gasteiger partial charge in [0.25, 0.3) is 0 Å². The van der Waals surface area contributed by atoms with E-state index in [2.05, 4.69) is 40.6 Å². The number of nitrogens with zero attached hydrogens (tertiary/aromatic N) is 4. The number of hydrogen-bond acceptors (Lipinski definition) is 5. The van der Waals surface area contributed by atoms with Crippen molar-refractivity contribution in [3.63, 3.8) is 0 Å². The zero-order valence-corrected chi connectivity index (χ0v) is 11.5. The number of ether oxygens (including phenoxy) is 1. The molecule has 0 aromatic carbocycles. The van der Waals surface area contributed by atoms with E-state index in [1.165, 1.54) is 7.11 Å². The number of hydrogen-bond donors (Lipinski definition) is 0. The van der Waals surface area contributed by atoms with Gasteiger partial charge in [-0.15, -0.1) is 0 Å². The molecule has 0 fully saturated rings. The molecule has 96 valence electrons. The third-order valence-electron chi connectivity index (χ3n) is 2.65. The van der Waals surface area contributed by atoms with Crippen LogP contribution in [0, 0.1) is 5.92 Å². The van der Waals surface area contributed by atoms with Crippen LogP contribution in [0.2, 0.25) is 5.28 Å². The van der Waals surface area contributed by atoms with Gasteiger partial charge < -0.3 is 9.64 Å². The van der Waals surface area contributed by atoms with Crippen LogP contribution in [-0.4, -0.2) is 35.2 Å². The van der Waals surface area contributed by atoms with Crippen LogP contribution >= 0.6 is 11.6 Å². The fraction of sp³-hybridized carbons (Fsp3) is 0.727. The smallest absolute Gasteiger partial charge is 0.322 e. The topological polar surface area (TPSA) is 51.1 Å². The molecule has 1 unspecified atom stereocenters. The maximum Gasteiger partial charge on any atom is 0.322 e. The minimum Gasteiger partial charge on any atom is -0.467 e. The molecular weight excluding hydrogens is 240 g/mol. The van der Waals surface area contributed by atoms with Crippen LogP contribution in [0.15, 0.2) is 0 Å². The first-order valence-corrected chi connectivity index (χ1v) is 6.19. The minimum absolute atomic E-state index is 0.162. The summed E-state index contributed by atoms with van der Waals surface area (Å²) in [5.74, 6) is 1.15. The van der Waals surface area contributed by atoms with Gasteiger partial charge in [-0.2, -0.15) is 15.0 Å². The van der Waals surface area contributed by atoms with Gasteiger partial charge in [0, 0.05) is 13.1 Å². The summed E-state index contributed by atoms with van der Waals surface area (Å²) in [5.41, 5.74) is 0. The number of methoxy groups -OCH3 is 1. The molecule has 0 N–H and O–H groups in total. The molecule has 0 bridgehead atoms. The Hall–Kier alpha value is -1.10. The van der Waals surface area contributed by atoms with Crippen molar-refractivity contribution in [1.82, 2.24) is 15.0 Å². The summed E-state index contributed by atoms with van der Waals surface area (Å²) in [4.78, 5) is 14.3. The van der Waals surface area contributed by atoms with Crippen LogP contribution in [-0.2, 0) is 0 Å². The average molecular weight is 259 g/mol. The zero-order chi connectivity index (χ0) is 12.8. The molecular formula is C11H19ClN4O. The monoisotopic (exact) mass is 258 g/mol. The summed E-state index contributed by atoms with van der Waals surface area (Å²) in [6.45, 7) is 8.15. The molecule has 0 saturated carbocycles. The highest BCUT2D eigenvalue weighted by molar-refractivity contribution is 6.28. The van der Waals surface area contributed by atoms with Gasteiger partial charge in [0.05, 0.1) is 7.11 Å². The zero-order valence-electron chi connectivity index (χ0n) is 10.8. The lowest BCUT2D eigenvalue weighted by molar-refractivity contribution is 0.377. The lowest BCUT2D eigenvalue weighted by Gasteiger charge is -2.23. The van der Waals surface area contributed by atoms with Crippen molar-refractivity contribution in [3.05, 3.63) is 5.28 Å². The molecule has 0 amide bonds. The van der Waals surface area contributed by atoms with Crippen LogP contribution in [0.25, 0.3) is 0 Å². The van der Waals surface area contributed by atoms with Gasteiger partial charge in [-0.05, 0) is 24.4 Å². The summed E-state index contributed by atoms with van der Waals surface area (Å²) in [5, 5.41) is 0.162. The first-order valence-electron chi connectivity index (χ1n) is 5.81. The number of halogens is 1. The fourth-order valence-electron chi connectivity index (χ4n) is 1.41. The van der Waals surface area contributed by atoms with Crippen LogP contribution in [0.1, 0.15) is 27.2 Å². The molecule has 0 spiro atoms. The first kappa shape index (κ1) is 14.0. The van der Waals surface area contributed by atoms with E-state index in [4.69, 9.17) is 16.3 Å². The fourth-order valence-corrected chi connectivity index (χ4v) is 1.56. The van der Waals surface area contributed by atoms with Crippen molar-refractivity contribution in [2.45, 2.75) is 27.2 Å². The minimum atomic E-state index is 0.162. The molecule has 0 aliphatic rings. The van der Waals surface area contributed by atoms with Gasteiger partial charge in [0.2, 0.25) is 11.2 Å². The molecule has 1 atom stereocenters. The summed E-state index contributed by atoms with van der Waals surface area (Å²) in [7, 11) is 1.51. The molecule has 0 radical (unpaired) electrons. The lowest BCUT2D eigenvalue weighted by atomic mass is 10.1. The predicted molar refractivity (Wildman–Crippen MR) is 68.7 cm³/mol. The highest BCUT2D eigenvalue weighted by atomic mass is 35.5. The third kappa shape index (κ3) is 4.00. The quantitative estimate of drug-likeness (QED) is 0.784. The second-order valence-electron chi connectivity index (χ2n) is 3.94. The summed E-state index contributed by atoms with van der Waals surface area (Å²) >= 11 is 5.83. The van der Waals surface area contributed by atoms with Crippen molar-refractivity contribution in [3.8, 4) is 6.01 Å².